The van der Waals surface area contributed by atoms with Gasteiger partial charge in [0.15, 0.2) is 0 Å². The third kappa shape index (κ3) is 4.25. The minimum Gasteiger partial charge on any atom is -0.396 e. The fourth-order valence-electron chi connectivity index (χ4n) is 1.87. The van der Waals surface area contributed by atoms with Crippen molar-refractivity contribution >= 4 is 115 Å². The zero-order chi connectivity index (χ0) is 21.5. The van der Waals surface area contributed by atoms with E-state index in [4.69, 9.17) is 104 Å². The topological polar surface area (TPSA) is 118 Å². The Morgan fingerprint density at radius 3 is 1.00 bits per heavy atom. The van der Waals surface area contributed by atoms with Gasteiger partial charge in [0.1, 0.15) is 0 Å². The Labute approximate surface area is 196 Å². The van der Waals surface area contributed by atoms with Crippen LogP contribution < -0.4 is 22.6 Å². The highest BCUT2D eigenvalue weighted by Gasteiger charge is 2.17. The summed E-state index contributed by atoms with van der Waals surface area (Å²) >= 11 is 46.0. The number of benzene rings is 2. The lowest BCUT2D eigenvalue weighted by Gasteiger charge is -2.08. The molecule has 14 heteroatoms. The average Bonchev–Trinajstić information content (AvgIpc) is 2.68. The van der Waals surface area contributed by atoms with Gasteiger partial charge in [-0.05, 0) is 0 Å². The average molecular weight is 546 g/mol. The van der Waals surface area contributed by atoms with Crippen molar-refractivity contribution < 1.29 is 0 Å². The fraction of sp³-hybridized carbons (Fsp3) is 0. The molecule has 0 bridgehead atoms. The van der Waals surface area contributed by atoms with Crippen molar-refractivity contribution in [3.63, 3.8) is 0 Å². The van der Waals surface area contributed by atoms with Crippen LogP contribution in [0.5, 0.6) is 0 Å². The predicted octanol–water partition coefficient (Wildman–Crippen LogP) is 6.29. The van der Waals surface area contributed by atoms with Gasteiger partial charge < -0.3 is 21.4 Å². The van der Waals surface area contributed by atoms with Crippen molar-refractivity contribution in [3.8, 4) is 0 Å². The maximum atomic E-state index is 11.1. The van der Waals surface area contributed by atoms with Crippen LogP contribution in [0, 0.1) is 0 Å². The smallest absolute Gasteiger partial charge is 0.314 e. The number of rotatable bonds is 0. The van der Waals surface area contributed by atoms with Gasteiger partial charge in [-0.15, -0.1) is 0 Å². The number of fused-ring (bicyclic) bond motifs is 1. The Hall–Kier alpha value is -0.700. The second kappa shape index (κ2) is 8.98. The van der Waals surface area contributed by atoms with Gasteiger partial charge in [-0.25, -0.2) is 0 Å². The molecule has 0 aliphatic rings. The molecule has 3 aromatic rings. The number of aromatic nitrogens is 2. The van der Waals surface area contributed by atoms with E-state index in [9.17, 15) is 9.59 Å². The molecule has 6 N–H and O–H groups in total. The van der Waals surface area contributed by atoms with E-state index in [1.165, 1.54) is 0 Å². The molecule has 0 saturated heterocycles. The van der Waals surface area contributed by atoms with Gasteiger partial charge in [0, 0.05) is 0 Å². The standard InChI is InChI=1S/C8H2Cl4N2O2.C6H4Cl4N2/c9-1-2(10)4(12)6-5(3(1)11)13-7(15)8(16)14-6;7-1-2(8)4(10)6(12)5(11)3(1)9/h(H,13,15)(H,14,16);11-12H2. The number of nitrogen functional groups attached to an aromatic ring is 2. The highest BCUT2D eigenvalue weighted by atomic mass is 35.5. The first kappa shape index (κ1) is 23.6. The molecule has 0 spiro atoms. The molecule has 3 rings (SSSR count). The van der Waals surface area contributed by atoms with Crippen LogP contribution in [0.15, 0.2) is 9.59 Å². The zero-order valence-electron chi connectivity index (χ0n) is 13.0. The van der Waals surface area contributed by atoms with Gasteiger partial charge in [0.05, 0.1) is 62.6 Å². The summed E-state index contributed by atoms with van der Waals surface area (Å²) in [4.78, 5) is 26.8. The van der Waals surface area contributed by atoms with Crippen LogP contribution in [0.25, 0.3) is 11.0 Å². The first-order chi connectivity index (χ1) is 12.9. The van der Waals surface area contributed by atoms with E-state index in [-0.39, 0.29) is 62.6 Å². The number of hydrogen-bond donors (Lipinski definition) is 4. The lowest BCUT2D eigenvalue weighted by molar-refractivity contribution is 1.15. The molecule has 150 valence electrons. The Bertz CT molecular complexity index is 1060. The molecule has 1 aromatic heterocycles. The third-order valence-electron chi connectivity index (χ3n) is 3.29. The minimum absolute atomic E-state index is 0.0172. The first-order valence-corrected chi connectivity index (χ1v) is 9.77. The molecule has 0 saturated carbocycles. The summed E-state index contributed by atoms with van der Waals surface area (Å²) in [7, 11) is 0. The van der Waals surface area contributed by atoms with Crippen LogP contribution >= 0.6 is 92.8 Å². The highest BCUT2D eigenvalue weighted by Crippen LogP contribution is 2.44. The number of halogens is 8. The number of nitrogens with two attached hydrogens (primary N) is 2. The summed E-state index contributed by atoms with van der Waals surface area (Å²) in [5.41, 5.74) is 9.84. The lowest BCUT2D eigenvalue weighted by Crippen LogP contribution is -2.29. The van der Waals surface area contributed by atoms with E-state index in [0.29, 0.717) is 0 Å². The summed E-state index contributed by atoms with van der Waals surface area (Å²) in [5, 5.41) is 0.586. The number of anilines is 2. The number of hydrogen-bond acceptors (Lipinski definition) is 4. The van der Waals surface area contributed by atoms with Gasteiger partial charge >= 0.3 is 11.1 Å². The molecule has 1 heterocycles. The third-order valence-corrected chi connectivity index (χ3v) is 6.92. The lowest BCUT2D eigenvalue weighted by atomic mass is 10.3. The van der Waals surface area contributed by atoms with Crippen LogP contribution in [0.4, 0.5) is 11.4 Å². The molecule has 0 aliphatic heterocycles. The highest BCUT2D eigenvalue weighted by molar-refractivity contribution is 6.55. The molecule has 6 nitrogen and oxygen atoms in total. The van der Waals surface area contributed by atoms with Crippen LogP contribution in [-0.4, -0.2) is 9.97 Å². The van der Waals surface area contributed by atoms with Gasteiger partial charge in [0.25, 0.3) is 0 Å². The number of aromatic amines is 2. The summed E-state index contributed by atoms with van der Waals surface area (Å²) in [6.07, 6.45) is 0. The van der Waals surface area contributed by atoms with Crippen molar-refractivity contribution in [1.82, 2.24) is 9.97 Å². The van der Waals surface area contributed by atoms with Gasteiger partial charge in [-0.3, -0.25) is 9.59 Å². The van der Waals surface area contributed by atoms with E-state index in [1.807, 2.05) is 0 Å². The first-order valence-electron chi connectivity index (χ1n) is 6.75. The molecule has 28 heavy (non-hydrogen) atoms. The second-order valence-electron chi connectivity index (χ2n) is 5.00. The normalized spacial score (nSPS) is 10.7. The fourth-order valence-corrected chi connectivity index (χ4v) is 3.70. The summed E-state index contributed by atoms with van der Waals surface area (Å²) in [5.74, 6) is 0. The van der Waals surface area contributed by atoms with Crippen LogP contribution in [0.2, 0.25) is 40.2 Å². The molecular formula is C14H6Cl8N4O2. The van der Waals surface area contributed by atoms with Gasteiger partial charge in [-0.1, -0.05) is 92.8 Å². The van der Waals surface area contributed by atoms with Crippen molar-refractivity contribution in [2.75, 3.05) is 11.5 Å². The van der Waals surface area contributed by atoms with E-state index in [2.05, 4.69) is 9.97 Å². The van der Waals surface area contributed by atoms with Crippen molar-refractivity contribution in [2.45, 2.75) is 0 Å². The molecule has 2 aromatic carbocycles. The molecule has 0 atom stereocenters. The monoisotopic (exact) mass is 542 g/mol. The zero-order valence-corrected chi connectivity index (χ0v) is 19.0. The quantitative estimate of drug-likeness (QED) is 0.115. The summed E-state index contributed by atoms with van der Waals surface area (Å²) in [6, 6.07) is 0. The van der Waals surface area contributed by atoms with Gasteiger partial charge in [0.2, 0.25) is 0 Å². The predicted molar refractivity (Wildman–Crippen MR) is 121 cm³/mol. The van der Waals surface area contributed by atoms with Crippen molar-refractivity contribution in [3.05, 3.63) is 60.9 Å². The molecule has 0 unspecified atom stereocenters. The largest absolute Gasteiger partial charge is 0.396 e. The number of H-pyrrole nitrogens is 2. The van der Waals surface area contributed by atoms with Crippen LogP contribution in [0.3, 0.4) is 0 Å². The van der Waals surface area contributed by atoms with E-state index in [0.717, 1.165) is 0 Å². The van der Waals surface area contributed by atoms with E-state index in [1.54, 1.807) is 0 Å². The Kier molecular flexibility index (Phi) is 7.56. The molecule has 0 amide bonds. The van der Waals surface area contributed by atoms with Crippen molar-refractivity contribution in [2.24, 2.45) is 0 Å². The molecule has 0 aliphatic carbocycles. The molecular weight excluding hydrogens is 540 g/mol. The summed E-state index contributed by atoms with van der Waals surface area (Å²) < 4.78 is 0. The van der Waals surface area contributed by atoms with Gasteiger partial charge in [-0.2, -0.15) is 0 Å². The Morgan fingerprint density at radius 1 is 0.464 bits per heavy atom. The van der Waals surface area contributed by atoms with Crippen LogP contribution in [0.1, 0.15) is 0 Å². The molecule has 0 radical (unpaired) electrons. The van der Waals surface area contributed by atoms with Crippen molar-refractivity contribution in [1.29, 1.82) is 0 Å². The van der Waals surface area contributed by atoms with Crippen LogP contribution in [-0.2, 0) is 0 Å². The molecule has 0 fully saturated rings. The Balaban J connectivity index is 0.000000209. The van der Waals surface area contributed by atoms with E-state index >= 15 is 0 Å². The number of nitrogens with one attached hydrogen (secondary N) is 2. The maximum absolute atomic E-state index is 11.1. The summed E-state index contributed by atoms with van der Waals surface area (Å²) in [6.45, 7) is 0. The minimum atomic E-state index is -0.844. The second-order valence-corrected chi connectivity index (χ2v) is 8.02. The Morgan fingerprint density at radius 2 is 0.714 bits per heavy atom. The SMILES string of the molecule is Nc1c(N)c(Cl)c(Cl)c(Cl)c1Cl.O=c1[nH]c2c(Cl)c(Cl)c(Cl)c(Cl)c2[nH]c1=O. The van der Waals surface area contributed by atoms with E-state index < -0.39 is 11.1 Å². The maximum Gasteiger partial charge on any atom is 0.314 e.